The molecule has 0 unspecified atom stereocenters. The highest BCUT2D eigenvalue weighted by atomic mass is 16.5. The van der Waals surface area contributed by atoms with E-state index < -0.39 is 11.6 Å². The number of nitrogens with one attached hydrogen (secondary N) is 1. The summed E-state index contributed by atoms with van der Waals surface area (Å²) in [4.78, 5) is 24.7. The molecule has 0 spiro atoms. The first-order chi connectivity index (χ1) is 11.5. The molecule has 24 heavy (non-hydrogen) atoms. The third-order valence-electron chi connectivity index (χ3n) is 4.26. The van der Waals surface area contributed by atoms with Gasteiger partial charge in [0.2, 0.25) is 0 Å². The molecule has 0 saturated heterocycles. The summed E-state index contributed by atoms with van der Waals surface area (Å²) in [6.07, 6.45) is 1.96. The van der Waals surface area contributed by atoms with Gasteiger partial charge in [0.05, 0.1) is 13.2 Å². The van der Waals surface area contributed by atoms with E-state index in [1.807, 2.05) is 6.92 Å². The summed E-state index contributed by atoms with van der Waals surface area (Å²) in [7, 11) is 1.54. The van der Waals surface area contributed by atoms with Crippen LogP contribution in [0.4, 0.5) is 5.69 Å². The van der Waals surface area contributed by atoms with Gasteiger partial charge in [-0.2, -0.15) is 0 Å². The minimum atomic E-state index is -0.858. The van der Waals surface area contributed by atoms with Crippen molar-refractivity contribution in [1.82, 2.24) is 0 Å². The van der Waals surface area contributed by atoms with Gasteiger partial charge < -0.3 is 19.5 Å². The Labute approximate surface area is 142 Å². The molecule has 1 aromatic rings. The highest BCUT2D eigenvalue weighted by Crippen LogP contribution is 2.42. The molecule has 2 rings (SSSR count). The topological polar surface area (TPSA) is 73.9 Å². The second kappa shape index (κ2) is 7.66. The molecule has 6 nitrogen and oxygen atoms in total. The Hall–Kier alpha value is -2.08. The summed E-state index contributed by atoms with van der Waals surface area (Å²) in [5.74, 6) is -0.0272. The number of carbonyl (C=O) groups is 2. The molecule has 0 aliphatic heterocycles. The van der Waals surface area contributed by atoms with Crippen LogP contribution in [-0.2, 0) is 14.3 Å². The SMILES string of the molecule is CCOC(=O)c1cc(NC(=O)[C@](C)(OC)C2CC2)ccc1OCC. The predicted molar refractivity (Wildman–Crippen MR) is 90.3 cm³/mol. The molecule has 1 aliphatic rings. The van der Waals surface area contributed by atoms with Crippen molar-refractivity contribution in [3.05, 3.63) is 23.8 Å². The molecule has 1 atom stereocenters. The van der Waals surface area contributed by atoms with Crippen molar-refractivity contribution >= 4 is 17.6 Å². The van der Waals surface area contributed by atoms with Crippen molar-refractivity contribution in [3.63, 3.8) is 0 Å². The molecule has 0 heterocycles. The Bertz CT molecular complexity index is 611. The Balaban J connectivity index is 2.22. The standard InChI is InChI=1S/C18H25NO5/c1-5-23-15-10-9-13(11-14(15)16(20)24-6-2)19-17(21)18(3,22-4)12-7-8-12/h9-12H,5-8H2,1-4H3,(H,19,21)/t18-/m1/s1. The van der Waals surface area contributed by atoms with E-state index >= 15 is 0 Å². The van der Waals surface area contributed by atoms with Crippen molar-refractivity contribution in [3.8, 4) is 5.75 Å². The van der Waals surface area contributed by atoms with Gasteiger partial charge in [0, 0.05) is 12.8 Å². The van der Waals surface area contributed by atoms with Crippen LogP contribution in [0.25, 0.3) is 0 Å². The van der Waals surface area contributed by atoms with Crippen LogP contribution in [0, 0.1) is 5.92 Å². The van der Waals surface area contributed by atoms with E-state index in [0.717, 1.165) is 12.8 Å². The van der Waals surface area contributed by atoms with E-state index in [1.165, 1.54) is 0 Å². The fraction of sp³-hybridized carbons (Fsp3) is 0.556. The maximum absolute atomic E-state index is 12.6. The fourth-order valence-electron chi connectivity index (χ4n) is 2.59. The number of hydrogen-bond donors (Lipinski definition) is 1. The minimum absolute atomic E-state index is 0.216. The summed E-state index contributed by atoms with van der Waals surface area (Å²) in [6.45, 7) is 6.07. The molecule has 0 aromatic heterocycles. The number of methoxy groups -OCH3 is 1. The fourth-order valence-corrected chi connectivity index (χ4v) is 2.59. The maximum atomic E-state index is 12.6. The van der Waals surface area contributed by atoms with E-state index in [0.29, 0.717) is 23.6 Å². The monoisotopic (exact) mass is 335 g/mol. The molecule has 0 radical (unpaired) electrons. The lowest BCUT2D eigenvalue weighted by Gasteiger charge is -2.26. The van der Waals surface area contributed by atoms with Crippen LogP contribution in [0.3, 0.4) is 0 Å². The molecule has 6 heteroatoms. The second-order valence-electron chi connectivity index (χ2n) is 5.90. The molecule has 1 N–H and O–H groups in total. The molecule has 132 valence electrons. The molecule has 0 bridgehead atoms. The number of carbonyl (C=O) groups excluding carboxylic acids is 2. The molecule has 1 aliphatic carbocycles. The average Bonchev–Trinajstić information content (AvgIpc) is 3.41. The normalized spacial score (nSPS) is 16.2. The van der Waals surface area contributed by atoms with Crippen LogP contribution < -0.4 is 10.1 Å². The first-order valence-corrected chi connectivity index (χ1v) is 8.26. The molecular weight excluding hydrogens is 310 g/mol. The summed E-state index contributed by atoms with van der Waals surface area (Å²) in [5, 5.41) is 2.83. The van der Waals surface area contributed by atoms with Gasteiger partial charge in [0.15, 0.2) is 0 Å². The Morgan fingerprint density at radius 2 is 1.96 bits per heavy atom. The zero-order valence-electron chi connectivity index (χ0n) is 14.7. The quantitative estimate of drug-likeness (QED) is 0.739. The van der Waals surface area contributed by atoms with Gasteiger partial charge in [0.25, 0.3) is 5.91 Å². The van der Waals surface area contributed by atoms with E-state index in [1.54, 1.807) is 39.2 Å². The molecule has 1 aromatic carbocycles. The Kier molecular flexibility index (Phi) is 5.83. The number of rotatable bonds is 8. The lowest BCUT2D eigenvalue weighted by atomic mass is 9.99. The Morgan fingerprint density at radius 1 is 1.25 bits per heavy atom. The number of anilines is 1. The van der Waals surface area contributed by atoms with Gasteiger partial charge in [0.1, 0.15) is 16.9 Å². The van der Waals surface area contributed by atoms with Gasteiger partial charge in [-0.05, 0) is 57.7 Å². The van der Waals surface area contributed by atoms with E-state index in [-0.39, 0.29) is 18.4 Å². The first kappa shape index (κ1) is 18.3. The lowest BCUT2D eigenvalue weighted by Crippen LogP contribution is -2.44. The van der Waals surface area contributed by atoms with Crippen molar-refractivity contribution in [2.45, 2.75) is 39.2 Å². The van der Waals surface area contributed by atoms with E-state index in [2.05, 4.69) is 5.32 Å². The third-order valence-corrected chi connectivity index (χ3v) is 4.26. The largest absolute Gasteiger partial charge is 0.493 e. The minimum Gasteiger partial charge on any atom is -0.493 e. The van der Waals surface area contributed by atoms with Crippen LogP contribution in [0.15, 0.2) is 18.2 Å². The van der Waals surface area contributed by atoms with Gasteiger partial charge in [-0.3, -0.25) is 4.79 Å². The highest BCUT2D eigenvalue weighted by Gasteiger charge is 2.47. The zero-order chi connectivity index (χ0) is 17.7. The Morgan fingerprint density at radius 3 is 2.50 bits per heavy atom. The van der Waals surface area contributed by atoms with Gasteiger partial charge in [-0.15, -0.1) is 0 Å². The van der Waals surface area contributed by atoms with Gasteiger partial charge in [-0.1, -0.05) is 0 Å². The van der Waals surface area contributed by atoms with Gasteiger partial charge >= 0.3 is 5.97 Å². The summed E-state index contributed by atoms with van der Waals surface area (Å²) >= 11 is 0. The number of benzene rings is 1. The van der Waals surface area contributed by atoms with Crippen LogP contribution in [0.2, 0.25) is 0 Å². The average molecular weight is 335 g/mol. The maximum Gasteiger partial charge on any atom is 0.341 e. The van der Waals surface area contributed by atoms with Crippen molar-refractivity contribution in [1.29, 1.82) is 0 Å². The van der Waals surface area contributed by atoms with Crippen molar-refractivity contribution in [2.75, 3.05) is 25.6 Å². The summed E-state index contributed by atoms with van der Waals surface area (Å²) in [6, 6.07) is 4.94. The second-order valence-corrected chi connectivity index (χ2v) is 5.90. The van der Waals surface area contributed by atoms with Crippen LogP contribution in [0.1, 0.15) is 44.0 Å². The molecule has 1 amide bonds. The van der Waals surface area contributed by atoms with Crippen molar-refractivity contribution in [2.24, 2.45) is 5.92 Å². The third kappa shape index (κ3) is 3.87. The van der Waals surface area contributed by atoms with Crippen LogP contribution in [-0.4, -0.2) is 37.8 Å². The molecule has 1 saturated carbocycles. The number of ether oxygens (including phenoxy) is 3. The van der Waals surface area contributed by atoms with Crippen LogP contribution in [0.5, 0.6) is 5.75 Å². The number of hydrogen-bond acceptors (Lipinski definition) is 5. The smallest absolute Gasteiger partial charge is 0.341 e. The highest BCUT2D eigenvalue weighted by molar-refractivity contribution is 6.00. The molecular formula is C18H25NO5. The lowest BCUT2D eigenvalue weighted by molar-refractivity contribution is -0.138. The first-order valence-electron chi connectivity index (χ1n) is 8.26. The number of amides is 1. The van der Waals surface area contributed by atoms with Gasteiger partial charge in [-0.25, -0.2) is 4.79 Å². The van der Waals surface area contributed by atoms with Crippen LogP contribution >= 0.6 is 0 Å². The summed E-state index contributed by atoms with van der Waals surface area (Å²) in [5.41, 5.74) is -0.0552. The molecule has 1 fully saturated rings. The number of esters is 1. The predicted octanol–water partition coefficient (Wildman–Crippen LogP) is 3.02. The van der Waals surface area contributed by atoms with E-state index in [4.69, 9.17) is 14.2 Å². The van der Waals surface area contributed by atoms with E-state index in [9.17, 15) is 9.59 Å². The van der Waals surface area contributed by atoms with Crippen molar-refractivity contribution < 1.29 is 23.8 Å². The zero-order valence-corrected chi connectivity index (χ0v) is 14.7. The summed E-state index contributed by atoms with van der Waals surface area (Å²) < 4.78 is 16.0.